The van der Waals surface area contributed by atoms with Gasteiger partial charge in [0.1, 0.15) is 0 Å². The lowest BCUT2D eigenvalue weighted by atomic mass is 10.1. The molecule has 0 saturated carbocycles. The number of carboxylic acids is 1. The zero-order valence-electron chi connectivity index (χ0n) is 15.0. The first-order valence-corrected chi connectivity index (χ1v) is 11.3. The smallest absolute Gasteiger partial charge is 0.335 e. The first-order chi connectivity index (χ1) is 13.9. The number of aromatic carboxylic acids is 1. The average Bonchev–Trinajstić information content (AvgIpc) is 2.72. The van der Waals surface area contributed by atoms with Crippen molar-refractivity contribution in [2.45, 2.75) is 0 Å². The number of ketones is 1. The highest BCUT2D eigenvalue weighted by atomic mass is 79.9. The van der Waals surface area contributed by atoms with Gasteiger partial charge in [0, 0.05) is 14.5 Å². The minimum atomic E-state index is -0.894. The number of benzene rings is 4. The van der Waals surface area contributed by atoms with Crippen LogP contribution in [-0.2, 0) is 0 Å². The molecule has 0 atom stereocenters. The summed E-state index contributed by atoms with van der Waals surface area (Å²) in [5.41, 5.74) is 1.07. The maximum atomic E-state index is 11.5. The second-order valence-electron chi connectivity index (χ2n) is 6.27. The van der Waals surface area contributed by atoms with Crippen LogP contribution in [0, 0.1) is 0 Å². The normalized spacial score (nSPS) is 10.4. The molecule has 6 heteroatoms. The number of hydrogen-bond donors (Lipinski definition) is 1. The van der Waals surface area contributed by atoms with Gasteiger partial charge in [-0.3, -0.25) is 4.79 Å². The quantitative estimate of drug-likeness (QED) is 0.202. The van der Waals surface area contributed by atoms with E-state index in [0.717, 1.165) is 36.1 Å². The lowest BCUT2D eigenvalue weighted by molar-refractivity contribution is 0.0697. The van der Waals surface area contributed by atoms with Crippen LogP contribution in [0.4, 0.5) is 0 Å². The van der Waals surface area contributed by atoms with Gasteiger partial charge in [-0.2, -0.15) is 0 Å². The molecule has 0 bridgehead atoms. The molecule has 0 heterocycles. The summed E-state index contributed by atoms with van der Waals surface area (Å²) in [6.07, 6.45) is 0. The van der Waals surface area contributed by atoms with Gasteiger partial charge in [0.05, 0.1) is 10.9 Å². The van der Waals surface area contributed by atoms with Gasteiger partial charge in [-0.25, -0.2) is 4.79 Å². The summed E-state index contributed by atoms with van der Waals surface area (Å²) in [4.78, 5) is 22.2. The van der Waals surface area contributed by atoms with Crippen LogP contribution >= 0.6 is 47.8 Å². The largest absolute Gasteiger partial charge is 0.478 e. The van der Waals surface area contributed by atoms with Crippen molar-refractivity contribution in [3.8, 4) is 0 Å². The van der Waals surface area contributed by atoms with Crippen LogP contribution in [0.25, 0.3) is 21.5 Å². The highest BCUT2D eigenvalue weighted by Gasteiger charge is 2.05. The van der Waals surface area contributed by atoms with Crippen molar-refractivity contribution in [3.05, 3.63) is 92.9 Å². The Morgan fingerprint density at radius 3 is 1.55 bits per heavy atom. The van der Waals surface area contributed by atoms with E-state index in [9.17, 15) is 9.59 Å². The predicted octanol–water partition coefficient (Wildman–Crippen LogP) is 7.48. The Labute approximate surface area is 193 Å². The molecular weight excluding hydrogens is 564 g/mol. The van der Waals surface area contributed by atoms with E-state index < -0.39 is 5.97 Å². The van der Waals surface area contributed by atoms with Crippen molar-refractivity contribution in [1.82, 2.24) is 0 Å². The van der Waals surface area contributed by atoms with E-state index in [-0.39, 0.29) is 5.78 Å². The number of alkyl halides is 1. The SMILES string of the molecule is O=C(CBr)c1ccc2cc(Br)ccc2c1.O=C(O)c1ccc2cc(Br)ccc2c1. The summed E-state index contributed by atoms with van der Waals surface area (Å²) >= 11 is 9.95. The molecule has 0 saturated heterocycles. The predicted molar refractivity (Wildman–Crippen MR) is 128 cm³/mol. The van der Waals surface area contributed by atoms with E-state index >= 15 is 0 Å². The molecule has 0 amide bonds. The van der Waals surface area contributed by atoms with E-state index in [1.54, 1.807) is 12.1 Å². The first-order valence-electron chi connectivity index (χ1n) is 8.58. The molecule has 0 aliphatic carbocycles. The molecule has 3 nitrogen and oxygen atoms in total. The number of carbonyl (C=O) groups excluding carboxylic acids is 1. The van der Waals surface area contributed by atoms with Crippen molar-refractivity contribution in [2.75, 3.05) is 5.33 Å². The summed E-state index contributed by atoms with van der Waals surface area (Å²) in [5, 5.41) is 13.4. The van der Waals surface area contributed by atoms with E-state index in [2.05, 4.69) is 47.8 Å². The topological polar surface area (TPSA) is 54.4 Å². The van der Waals surface area contributed by atoms with Crippen molar-refractivity contribution < 1.29 is 14.7 Å². The Morgan fingerprint density at radius 1 is 0.655 bits per heavy atom. The van der Waals surface area contributed by atoms with Gasteiger partial charge in [-0.1, -0.05) is 78.1 Å². The van der Waals surface area contributed by atoms with Crippen LogP contribution in [-0.4, -0.2) is 22.2 Å². The van der Waals surface area contributed by atoms with Gasteiger partial charge < -0.3 is 5.11 Å². The summed E-state index contributed by atoms with van der Waals surface area (Å²) in [5.74, 6) is -0.783. The maximum absolute atomic E-state index is 11.5. The fourth-order valence-corrected chi connectivity index (χ4v) is 3.90. The minimum Gasteiger partial charge on any atom is -0.478 e. The molecule has 0 unspecified atom stereocenters. The maximum Gasteiger partial charge on any atom is 0.335 e. The monoisotopic (exact) mass is 576 g/mol. The first kappa shape index (κ1) is 21.7. The van der Waals surface area contributed by atoms with Gasteiger partial charge >= 0.3 is 5.97 Å². The van der Waals surface area contributed by atoms with E-state index in [0.29, 0.717) is 10.9 Å². The molecule has 0 radical (unpaired) electrons. The molecule has 0 fully saturated rings. The van der Waals surface area contributed by atoms with Gasteiger partial charge in [0.15, 0.2) is 5.78 Å². The third kappa shape index (κ3) is 5.53. The fraction of sp³-hybridized carbons (Fsp3) is 0.0435. The van der Waals surface area contributed by atoms with Crippen LogP contribution in [0.2, 0.25) is 0 Å². The van der Waals surface area contributed by atoms with Crippen LogP contribution in [0.1, 0.15) is 20.7 Å². The summed E-state index contributed by atoms with van der Waals surface area (Å²) in [7, 11) is 0. The molecule has 4 aromatic rings. The summed E-state index contributed by atoms with van der Waals surface area (Å²) < 4.78 is 2.04. The summed E-state index contributed by atoms with van der Waals surface area (Å²) in [6, 6.07) is 22.6. The van der Waals surface area contributed by atoms with Crippen LogP contribution in [0.5, 0.6) is 0 Å². The lowest BCUT2D eigenvalue weighted by Gasteiger charge is -2.01. The number of hydrogen-bond acceptors (Lipinski definition) is 2. The van der Waals surface area contributed by atoms with Crippen LogP contribution in [0.15, 0.2) is 81.7 Å². The van der Waals surface area contributed by atoms with Crippen molar-refractivity contribution >= 4 is 81.1 Å². The molecular formula is C23H15Br3O3. The zero-order chi connectivity index (χ0) is 21.0. The zero-order valence-corrected chi connectivity index (χ0v) is 19.8. The van der Waals surface area contributed by atoms with Gasteiger partial charge in [-0.15, -0.1) is 0 Å². The highest BCUT2D eigenvalue weighted by molar-refractivity contribution is 9.10. The Bertz CT molecular complexity index is 1220. The number of carbonyl (C=O) groups is 2. The molecule has 4 aromatic carbocycles. The molecule has 146 valence electrons. The minimum absolute atomic E-state index is 0.111. The highest BCUT2D eigenvalue weighted by Crippen LogP contribution is 2.22. The second kappa shape index (κ2) is 9.65. The summed E-state index contributed by atoms with van der Waals surface area (Å²) in [6.45, 7) is 0. The van der Waals surface area contributed by atoms with Gasteiger partial charge in [-0.05, 0) is 64.0 Å². The van der Waals surface area contributed by atoms with Crippen LogP contribution in [0.3, 0.4) is 0 Å². The molecule has 0 aliphatic rings. The van der Waals surface area contributed by atoms with Crippen molar-refractivity contribution in [2.24, 2.45) is 0 Å². The second-order valence-corrected chi connectivity index (χ2v) is 8.67. The third-order valence-electron chi connectivity index (χ3n) is 4.29. The Balaban J connectivity index is 0.000000166. The molecule has 1 N–H and O–H groups in total. The van der Waals surface area contributed by atoms with Gasteiger partial charge in [0.2, 0.25) is 0 Å². The molecule has 4 rings (SSSR count). The molecule has 0 aliphatic heterocycles. The van der Waals surface area contributed by atoms with Crippen molar-refractivity contribution in [3.63, 3.8) is 0 Å². The average molecular weight is 579 g/mol. The number of rotatable bonds is 3. The number of Topliss-reactive ketones (excluding diaryl/α,β-unsaturated/α-hetero) is 1. The van der Waals surface area contributed by atoms with E-state index in [4.69, 9.17) is 5.11 Å². The number of fused-ring (bicyclic) bond motifs is 2. The van der Waals surface area contributed by atoms with E-state index in [1.165, 1.54) is 0 Å². The molecule has 0 spiro atoms. The fourth-order valence-electron chi connectivity index (χ4n) is 2.82. The van der Waals surface area contributed by atoms with Crippen LogP contribution < -0.4 is 0 Å². The number of halogens is 3. The Morgan fingerprint density at radius 2 is 1.07 bits per heavy atom. The van der Waals surface area contributed by atoms with E-state index in [1.807, 2.05) is 60.7 Å². The lowest BCUT2D eigenvalue weighted by Crippen LogP contribution is -1.98. The van der Waals surface area contributed by atoms with Crippen molar-refractivity contribution in [1.29, 1.82) is 0 Å². The van der Waals surface area contributed by atoms with Gasteiger partial charge in [0.25, 0.3) is 0 Å². The molecule has 0 aromatic heterocycles. The standard InChI is InChI=1S/C12H8Br2O.C11H7BrO2/c13-7-12(15)10-2-1-9-6-11(14)4-3-8(9)5-10;12-10-4-3-7-5-9(11(13)14)2-1-8(7)6-10/h1-6H,7H2;1-6H,(H,13,14). The number of carboxylic acid groups (broad SMARTS) is 1. The molecule has 29 heavy (non-hydrogen) atoms. The Hall–Kier alpha value is -2.02. The third-order valence-corrected chi connectivity index (χ3v) is 5.79. The Kier molecular flexibility index (Phi) is 7.22.